The van der Waals surface area contributed by atoms with E-state index in [0.717, 1.165) is 10.9 Å². The van der Waals surface area contributed by atoms with Gasteiger partial charge in [0, 0.05) is 19.3 Å². The number of rotatable bonds is 5. The number of hydrogen-bond acceptors (Lipinski definition) is 6. The van der Waals surface area contributed by atoms with Gasteiger partial charge < -0.3 is 10.0 Å². The Morgan fingerprint density at radius 3 is 2.41 bits per heavy atom. The van der Waals surface area contributed by atoms with Crippen molar-refractivity contribution in [3.63, 3.8) is 0 Å². The van der Waals surface area contributed by atoms with Gasteiger partial charge in [0.1, 0.15) is 18.2 Å². The van der Waals surface area contributed by atoms with E-state index in [0.29, 0.717) is 21.9 Å². The van der Waals surface area contributed by atoms with Gasteiger partial charge in [0.05, 0.1) is 12.3 Å². The topological polar surface area (TPSA) is 89.1 Å². The second-order valence-corrected chi connectivity index (χ2v) is 7.44. The van der Waals surface area contributed by atoms with Crippen LogP contribution in [0.2, 0.25) is 0 Å². The molecule has 2 aromatic heterocycles. The molecule has 0 bridgehead atoms. The Labute approximate surface area is 187 Å². The standard InChI is InChI=1S/C20H16F6N6O2/c21-13-3-1-12(2-4-13)14-5-7-30(10-15(14)33)17-9-27-32(18(34)28-17)11-31-8-6-16(29-31)19(22,23)20(24,25)26/h1-6,8-9,15,33H,7,10-11H2. The third-order valence-corrected chi connectivity index (χ3v) is 5.13. The van der Waals surface area contributed by atoms with Crippen LogP contribution in [0.5, 0.6) is 0 Å². The highest BCUT2D eigenvalue weighted by molar-refractivity contribution is 5.71. The predicted octanol–water partition coefficient (Wildman–Crippen LogP) is 2.40. The van der Waals surface area contributed by atoms with E-state index >= 15 is 0 Å². The Morgan fingerprint density at radius 1 is 1.09 bits per heavy atom. The van der Waals surface area contributed by atoms with Gasteiger partial charge in [-0.2, -0.15) is 41.8 Å². The van der Waals surface area contributed by atoms with Crippen LogP contribution in [0.3, 0.4) is 0 Å². The fourth-order valence-corrected chi connectivity index (χ4v) is 3.36. The third kappa shape index (κ3) is 4.53. The first kappa shape index (κ1) is 23.5. The molecule has 180 valence electrons. The molecule has 0 amide bonds. The molecule has 34 heavy (non-hydrogen) atoms. The molecule has 0 saturated heterocycles. The van der Waals surface area contributed by atoms with Crippen molar-refractivity contribution in [2.24, 2.45) is 0 Å². The zero-order valence-electron chi connectivity index (χ0n) is 17.1. The van der Waals surface area contributed by atoms with Crippen LogP contribution in [0.1, 0.15) is 11.3 Å². The molecule has 3 heterocycles. The fraction of sp³-hybridized carbons (Fsp3) is 0.300. The van der Waals surface area contributed by atoms with Crippen LogP contribution in [0.15, 0.2) is 53.6 Å². The molecular formula is C20H16F6N6O2. The summed E-state index contributed by atoms with van der Waals surface area (Å²) in [6.07, 6.45) is -3.02. The molecule has 1 aliphatic rings. The highest BCUT2D eigenvalue weighted by Crippen LogP contribution is 2.42. The number of benzene rings is 1. The highest BCUT2D eigenvalue weighted by Gasteiger charge is 2.60. The largest absolute Gasteiger partial charge is 0.459 e. The van der Waals surface area contributed by atoms with Crippen molar-refractivity contribution in [1.29, 1.82) is 0 Å². The molecule has 1 unspecified atom stereocenters. The number of aromatic nitrogens is 5. The van der Waals surface area contributed by atoms with Gasteiger partial charge in [0.25, 0.3) is 0 Å². The van der Waals surface area contributed by atoms with Gasteiger partial charge >= 0.3 is 17.8 Å². The molecule has 8 nitrogen and oxygen atoms in total. The maximum absolute atomic E-state index is 13.4. The summed E-state index contributed by atoms with van der Waals surface area (Å²) in [5.41, 5.74) is -1.18. The average Bonchev–Trinajstić information content (AvgIpc) is 3.24. The third-order valence-electron chi connectivity index (χ3n) is 5.13. The number of nitrogens with zero attached hydrogens (tertiary/aromatic N) is 6. The van der Waals surface area contributed by atoms with Crippen molar-refractivity contribution in [3.05, 3.63) is 76.4 Å². The van der Waals surface area contributed by atoms with E-state index in [9.17, 15) is 36.2 Å². The van der Waals surface area contributed by atoms with Crippen molar-refractivity contribution in [2.45, 2.75) is 24.9 Å². The Balaban J connectivity index is 1.48. The number of β-amino-alcohol motifs (C(OH)–C–C–N with tert-alkyl or cyclic N) is 1. The summed E-state index contributed by atoms with van der Waals surface area (Å²) in [7, 11) is 0. The van der Waals surface area contributed by atoms with E-state index in [4.69, 9.17) is 0 Å². The maximum atomic E-state index is 13.4. The van der Waals surface area contributed by atoms with Crippen LogP contribution in [0.25, 0.3) is 5.57 Å². The van der Waals surface area contributed by atoms with Crippen LogP contribution in [0, 0.1) is 5.82 Å². The first-order valence-electron chi connectivity index (χ1n) is 9.77. The number of hydrogen-bond donors (Lipinski definition) is 1. The van der Waals surface area contributed by atoms with E-state index in [1.165, 1.54) is 30.5 Å². The van der Waals surface area contributed by atoms with E-state index in [-0.39, 0.29) is 18.9 Å². The number of alkyl halides is 5. The summed E-state index contributed by atoms with van der Waals surface area (Å²) in [5, 5.41) is 17.5. The summed E-state index contributed by atoms with van der Waals surface area (Å²) in [6, 6.07) is 6.11. The molecule has 0 saturated carbocycles. The molecule has 0 aliphatic carbocycles. The Bertz CT molecular complexity index is 1270. The molecule has 3 aromatic rings. The molecule has 0 spiro atoms. The van der Waals surface area contributed by atoms with E-state index in [1.54, 1.807) is 11.0 Å². The lowest BCUT2D eigenvalue weighted by Crippen LogP contribution is -2.40. The van der Waals surface area contributed by atoms with Crippen LogP contribution in [0.4, 0.5) is 32.2 Å². The number of halogens is 6. The Kier molecular flexibility index (Phi) is 5.93. The normalized spacial score (nSPS) is 17.1. The summed E-state index contributed by atoms with van der Waals surface area (Å²) < 4.78 is 78.8. The minimum Gasteiger partial charge on any atom is -0.387 e. The van der Waals surface area contributed by atoms with Crippen LogP contribution < -0.4 is 10.6 Å². The van der Waals surface area contributed by atoms with Crippen LogP contribution in [-0.2, 0) is 12.6 Å². The lowest BCUT2D eigenvalue weighted by atomic mass is 9.97. The molecule has 1 aromatic carbocycles. The van der Waals surface area contributed by atoms with Gasteiger partial charge in [-0.25, -0.2) is 9.18 Å². The van der Waals surface area contributed by atoms with Crippen molar-refractivity contribution >= 4 is 11.4 Å². The average molecular weight is 486 g/mol. The lowest BCUT2D eigenvalue weighted by molar-refractivity contribution is -0.291. The number of aliphatic hydroxyl groups is 1. The molecule has 4 rings (SSSR count). The molecular weight excluding hydrogens is 470 g/mol. The van der Waals surface area contributed by atoms with Crippen molar-refractivity contribution in [2.75, 3.05) is 18.0 Å². The van der Waals surface area contributed by atoms with Crippen molar-refractivity contribution in [1.82, 2.24) is 24.5 Å². The van der Waals surface area contributed by atoms with Gasteiger partial charge in [-0.3, -0.25) is 4.68 Å². The zero-order chi connectivity index (χ0) is 24.7. The molecule has 14 heteroatoms. The molecule has 1 atom stereocenters. The zero-order valence-corrected chi connectivity index (χ0v) is 17.1. The highest BCUT2D eigenvalue weighted by atomic mass is 19.4. The maximum Gasteiger partial charge on any atom is 0.459 e. The van der Waals surface area contributed by atoms with E-state index in [1.807, 2.05) is 0 Å². The van der Waals surface area contributed by atoms with Crippen LogP contribution >= 0.6 is 0 Å². The minimum absolute atomic E-state index is 0.0659. The predicted molar refractivity (Wildman–Crippen MR) is 106 cm³/mol. The molecule has 0 radical (unpaired) electrons. The first-order chi connectivity index (χ1) is 16.0. The minimum atomic E-state index is -5.81. The Hall–Kier alpha value is -3.68. The lowest BCUT2D eigenvalue weighted by Gasteiger charge is -2.31. The van der Waals surface area contributed by atoms with Crippen molar-refractivity contribution in [3.8, 4) is 0 Å². The van der Waals surface area contributed by atoms with Crippen LogP contribution in [-0.4, -0.2) is 55.0 Å². The van der Waals surface area contributed by atoms with E-state index in [2.05, 4.69) is 15.2 Å². The number of anilines is 1. The second-order valence-electron chi connectivity index (χ2n) is 7.44. The monoisotopic (exact) mass is 486 g/mol. The van der Waals surface area contributed by atoms with E-state index < -0.39 is 42.1 Å². The van der Waals surface area contributed by atoms with Gasteiger partial charge in [-0.15, -0.1) is 0 Å². The fourth-order valence-electron chi connectivity index (χ4n) is 3.36. The quantitative estimate of drug-likeness (QED) is 0.558. The van der Waals surface area contributed by atoms with Gasteiger partial charge in [-0.05, 0) is 29.3 Å². The molecule has 1 aliphatic heterocycles. The van der Waals surface area contributed by atoms with Crippen molar-refractivity contribution < 1.29 is 31.4 Å². The molecule has 0 fully saturated rings. The smallest absolute Gasteiger partial charge is 0.387 e. The first-order valence-corrected chi connectivity index (χ1v) is 9.77. The summed E-state index contributed by atoms with van der Waals surface area (Å²) in [6.45, 7) is -0.218. The molecule has 1 N–H and O–H groups in total. The summed E-state index contributed by atoms with van der Waals surface area (Å²) >= 11 is 0. The second kappa shape index (κ2) is 8.59. The van der Waals surface area contributed by atoms with Gasteiger partial charge in [-0.1, -0.05) is 18.2 Å². The summed E-state index contributed by atoms with van der Waals surface area (Å²) in [4.78, 5) is 17.7. The number of aliphatic hydroxyl groups excluding tert-OH is 1. The summed E-state index contributed by atoms with van der Waals surface area (Å²) in [5.74, 6) is -5.43. The SMILES string of the molecule is O=c1nc(N2CC=C(c3ccc(F)cc3)C(O)C2)cnn1Cn1ccc(C(F)(F)C(F)(F)F)n1. The Morgan fingerprint density at radius 2 is 1.79 bits per heavy atom. The van der Waals surface area contributed by atoms with Gasteiger partial charge in [0.15, 0.2) is 5.82 Å². The van der Waals surface area contributed by atoms with Gasteiger partial charge in [0.2, 0.25) is 0 Å².